The van der Waals surface area contributed by atoms with Gasteiger partial charge in [-0.3, -0.25) is 0 Å². The maximum Gasteiger partial charge on any atom is 0.152 e. The summed E-state index contributed by atoms with van der Waals surface area (Å²) in [4.78, 5) is 0. The summed E-state index contributed by atoms with van der Waals surface area (Å²) < 4.78 is 0. The van der Waals surface area contributed by atoms with Gasteiger partial charge in [0, 0.05) is 0 Å². The lowest BCUT2D eigenvalue weighted by Gasteiger charge is -2.47. The van der Waals surface area contributed by atoms with Gasteiger partial charge in [0.2, 0.25) is 0 Å². The Labute approximate surface area is 346 Å². The fourth-order valence-corrected chi connectivity index (χ4v) is 17.1. The molecule has 3 aliphatic carbocycles. The van der Waals surface area contributed by atoms with Crippen molar-refractivity contribution in [3.8, 4) is 0 Å². The van der Waals surface area contributed by atoms with E-state index in [1.807, 2.05) is 0 Å². The number of benzene rings is 3. The second-order valence-electron chi connectivity index (χ2n) is 24.8. The van der Waals surface area contributed by atoms with Crippen LogP contribution in [0, 0.1) is 23.7 Å². The molecule has 0 spiro atoms. The summed E-state index contributed by atoms with van der Waals surface area (Å²) in [6, 6.07) is 24.3. The third-order valence-electron chi connectivity index (χ3n) is 14.3. The summed E-state index contributed by atoms with van der Waals surface area (Å²) in [6.45, 7) is 43.9. The Morgan fingerprint density at radius 3 is 0.911 bits per heavy atom. The average molecular weight is 769 g/mol. The van der Waals surface area contributed by atoms with Crippen LogP contribution in [0.1, 0.15) is 184 Å². The molecule has 0 N–H and O–H groups in total. The van der Waals surface area contributed by atoms with Crippen LogP contribution in [0.3, 0.4) is 0 Å². The molecule has 2 saturated carbocycles. The van der Waals surface area contributed by atoms with Crippen LogP contribution in [0.25, 0.3) is 0 Å². The van der Waals surface area contributed by atoms with E-state index in [0.717, 1.165) is 5.92 Å². The number of fused-ring (bicyclic) bond motifs is 3. The molecule has 56 heavy (non-hydrogen) atoms. The van der Waals surface area contributed by atoms with Crippen molar-refractivity contribution in [3.63, 3.8) is 0 Å². The van der Waals surface area contributed by atoms with Gasteiger partial charge in [0.15, 0.2) is 8.07 Å². The van der Waals surface area contributed by atoms with Crippen LogP contribution >= 0.6 is 0 Å². The lowest BCUT2D eigenvalue weighted by molar-refractivity contribution is 0.247. The van der Waals surface area contributed by atoms with Gasteiger partial charge < -0.3 is 0 Å². The molecule has 1 heteroatoms. The van der Waals surface area contributed by atoms with E-state index < -0.39 is 8.07 Å². The Morgan fingerprint density at radius 1 is 0.357 bits per heavy atom. The average Bonchev–Trinajstić information content (AvgIpc) is 3.41. The molecular formula is C55H80Si. The Balaban J connectivity index is 1.95. The highest BCUT2D eigenvalue weighted by atomic mass is 28.3. The molecular weight excluding hydrogens is 689 g/mol. The van der Waals surface area contributed by atoms with E-state index in [-0.39, 0.29) is 32.5 Å². The molecule has 0 nitrogen and oxygen atoms in total. The molecule has 3 aliphatic rings. The fraction of sp³-hybridized carbons (Fsp3) is 0.600. The van der Waals surface area contributed by atoms with Crippen molar-refractivity contribution in [2.24, 2.45) is 23.7 Å². The molecule has 3 aromatic rings. The van der Waals surface area contributed by atoms with Crippen molar-refractivity contribution in [3.05, 3.63) is 112 Å². The summed E-state index contributed by atoms with van der Waals surface area (Å²) in [5.41, 5.74) is 9.53. The third kappa shape index (κ3) is 8.03. The van der Waals surface area contributed by atoms with Gasteiger partial charge in [0.05, 0.1) is 0 Å². The standard InChI is InChI=1S/C55H80Si/c1-50(2,3)36-27-37(51(4,5)6)31-42(30-36)56(43-32-38(52(7,8)9)28-39(33-43)53(10,11)12,44-34-40(54(13,14)15)29-41(35-44)55(16,17)18)49-47-25-21-19-23-45(47)46-24-20-22-26-48(46)49/h19,21,23,25,27-35,45-49H,20,22,24,26H2,1-18H3. The van der Waals surface area contributed by atoms with E-state index in [2.05, 4.69) is 204 Å². The van der Waals surface area contributed by atoms with Crippen molar-refractivity contribution < 1.29 is 0 Å². The van der Waals surface area contributed by atoms with Gasteiger partial charge in [-0.15, -0.1) is 0 Å². The zero-order chi connectivity index (χ0) is 41.6. The lowest BCUT2D eigenvalue weighted by Crippen LogP contribution is -2.72. The first-order valence-corrected chi connectivity index (χ1v) is 24.5. The van der Waals surface area contributed by atoms with Crippen molar-refractivity contribution >= 4 is 23.6 Å². The maximum atomic E-state index is 2.76. The van der Waals surface area contributed by atoms with Crippen molar-refractivity contribution in [1.82, 2.24) is 0 Å². The van der Waals surface area contributed by atoms with E-state index in [4.69, 9.17) is 0 Å². The number of hydrogen-bond acceptors (Lipinski definition) is 0. The molecule has 0 aliphatic heterocycles. The molecule has 5 atom stereocenters. The highest BCUT2D eigenvalue weighted by Crippen LogP contribution is 2.60. The molecule has 304 valence electrons. The minimum absolute atomic E-state index is 0.0167. The Hall–Kier alpha value is -2.64. The largest absolute Gasteiger partial charge is 0.152 e. The van der Waals surface area contributed by atoms with Crippen molar-refractivity contribution in [1.29, 1.82) is 0 Å². The van der Waals surface area contributed by atoms with Crippen LogP contribution in [0.2, 0.25) is 5.54 Å². The Bertz CT molecular complexity index is 1690. The van der Waals surface area contributed by atoms with E-state index in [0.29, 0.717) is 23.3 Å². The molecule has 0 bridgehead atoms. The number of allylic oxidation sites excluding steroid dienone is 4. The van der Waals surface area contributed by atoms with Crippen molar-refractivity contribution in [2.75, 3.05) is 0 Å². The third-order valence-corrected chi connectivity index (χ3v) is 19.7. The summed E-state index contributed by atoms with van der Waals surface area (Å²) in [5.74, 6) is 2.54. The first kappa shape index (κ1) is 42.9. The zero-order valence-corrected chi connectivity index (χ0v) is 40.2. The highest BCUT2D eigenvalue weighted by Gasteiger charge is 2.61. The Kier molecular flexibility index (Phi) is 10.9. The topological polar surface area (TPSA) is 0 Å². The summed E-state index contributed by atoms with van der Waals surface area (Å²) in [7, 11) is -2.95. The lowest BCUT2D eigenvalue weighted by atomic mass is 9.77. The molecule has 0 saturated heterocycles. The van der Waals surface area contributed by atoms with Gasteiger partial charge in [-0.25, -0.2) is 0 Å². The number of hydrogen-bond donors (Lipinski definition) is 0. The molecule has 0 aromatic heterocycles. The molecule has 6 rings (SSSR count). The SMILES string of the molecule is CC(C)(C)c1cc(C(C)(C)C)cc([Si](c2cc(C(C)(C)C)cc(C(C)(C)C)c2)(c2cc(C(C)(C)C)cc(C(C)(C)C)c2)C2C3C=CC=CC3C3CCCCC32)c1. The van der Waals surface area contributed by atoms with Gasteiger partial charge in [-0.2, -0.15) is 0 Å². The molecule has 0 amide bonds. The van der Waals surface area contributed by atoms with Crippen LogP contribution < -0.4 is 15.6 Å². The molecule has 0 heterocycles. The van der Waals surface area contributed by atoms with Crippen molar-refractivity contribution in [2.45, 2.75) is 188 Å². The van der Waals surface area contributed by atoms with Gasteiger partial charge >= 0.3 is 0 Å². The summed E-state index contributed by atoms with van der Waals surface area (Å²) >= 11 is 0. The summed E-state index contributed by atoms with van der Waals surface area (Å²) in [5, 5.41) is 4.93. The van der Waals surface area contributed by atoms with E-state index in [1.165, 1.54) is 59.1 Å². The molecule has 5 unspecified atom stereocenters. The minimum atomic E-state index is -2.95. The van der Waals surface area contributed by atoms with Crippen LogP contribution in [-0.2, 0) is 32.5 Å². The molecule has 3 aromatic carbocycles. The van der Waals surface area contributed by atoms with E-state index in [9.17, 15) is 0 Å². The smallest absolute Gasteiger partial charge is 0.0808 e. The van der Waals surface area contributed by atoms with Gasteiger partial charge in [-0.1, -0.05) is 223 Å². The predicted molar refractivity (Wildman–Crippen MR) is 251 cm³/mol. The molecule has 2 fully saturated rings. The zero-order valence-electron chi connectivity index (χ0n) is 39.2. The van der Waals surface area contributed by atoms with Crippen LogP contribution in [0.4, 0.5) is 0 Å². The van der Waals surface area contributed by atoms with Gasteiger partial charge in [0.25, 0.3) is 0 Å². The monoisotopic (exact) mass is 769 g/mol. The minimum Gasteiger partial charge on any atom is -0.0808 e. The second kappa shape index (κ2) is 14.3. The normalized spacial score (nSPS) is 23.6. The predicted octanol–water partition coefficient (Wildman–Crippen LogP) is 13.5. The summed E-state index contributed by atoms with van der Waals surface area (Å²) in [6.07, 6.45) is 15.6. The first-order valence-electron chi connectivity index (χ1n) is 22.4. The van der Waals surface area contributed by atoms with Crippen LogP contribution in [0.5, 0.6) is 0 Å². The highest BCUT2D eigenvalue weighted by molar-refractivity contribution is 7.12. The van der Waals surface area contributed by atoms with E-state index >= 15 is 0 Å². The van der Waals surface area contributed by atoms with Gasteiger partial charge in [0.1, 0.15) is 0 Å². The quantitative estimate of drug-likeness (QED) is 0.183. The second-order valence-corrected chi connectivity index (χ2v) is 28.8. The number of rotatable bonds is 4. The van der Waals surface area contributed by atoms with Gasteiger partial charge in [-0.05, 0) is 117 Å². The van der Waals surface area contributed by atoms with E-state index in [1.54, 1.807) is 15.6 Å². The maximum absolute atomic E-state index is 2.95. The first-order chi connectivity index (χ1) is 25.5. The van der Waals surface area contributed by atoms with Crippen LogP contribution in [-0.4, -0.2) is 8.07 Å². The van der Waals surface area contributed by atoms with Crippen LogP contribution in [0.15, 0.2) is 78.9 Å². The fourth-order valence-electron chi connectivity index (χ4n) is 10.7. The molecule has 0 radical (unpaired) electrons. The Morgan fingerprint density at radius 2 is 0.625 bits per heavy atom.